The summed E-state index contributed by atoms with van der Waals surface area (Å²) in [5.41, 5.74) is -0.429. The molecule has 0 N–H and O–H groups in total. The molecule has 7 nitrogen and oxygen atoms in total. The van der Waals surface area contributed by atoms with Crippen molar-refractivity contribution in [3.63, 3.8) is 0 Å². The Hall–Kier alpha value is -1.31. The van der Waals surface area contributed by atoms with Crippen LogP contribution in [0.3, 0.4) is 0 Å². The summed E-state index contributed by atoms with van der Waals surface area (Å²) in [6.07, 6.45) is 4.14. The second-order valence-electron chi connectivity index (χ2n) is 7.51. The van der Waals surface area contributed by atoms with Crippen LogP contribution in [0.5, 0.6) is 0 Å². The molecule has 2 aliphatic rings. The average molecular weight is 339 g/mol. The number of tetrazole rings is 1. The van der Waals surface area contributed by atoms with Gasteiger partial charge in [-0.25, -0.2) is 9.48 Å². The minimum atomic E-state index is -0.429. The molecule has 2 fully saturated rings. The maximum atomic E-state index is 12.4. The molecule has 2 atom stereocenters. The van der Waals surface area contributed by atoms with Crippen molar-refractivity contribution >= 4 is 17.9 Å². The predicted molar refractivity (Wildman–Crippen MR) is 87.1 cm³/mol. The summed E-state index contributed by atoms with van der Waals surface area (Å²) in [6.45, 7) is 5.77. The first kappa shape index (κ1) is 16.5. The van der Waals surface area contributed by atoms with E-state index in [-0.39, 0.29) is 6.09 Å². The van der Waals surface area contributed by atoms with Gasteiger partial charge in [0.15, 0.2) is 0 Å². The van der Waals surface area contributed by atoms with E-state index in [4.69, 9.17) is 4.74 Å². The summed E-state index contributed by atoms with van der Waals surface area (Å²) in [5.74, 6) is 1.61. The highest BCUT2D eigenvalue weighted by molar-refractivity contribution is 7.99. The Bertz CT molecular complexity index is 556. The Kier molecular flexibility index (Phi) is 4.53. The zero-order chi connectivity index (χ0) is 16.6. The Morgan fingerprint density at radius 3 is 2.48 bits per heavy atom. The molecule has 3 rings (SSSR count). The summed E-state index contributed by atoms with van der Waals surface area (Å²) >= 11 is 1.70. The van der Waals surface area contributed by atoms with E-state index in [9.17, 15) is 4.79 Å². The Morgan fingerprint density at radius 2 is 1.96 bits per heavy atom. The number of hydrogen-bond acceptors (Lipinski definition) is 6. The molecular weight excluding hydrogens is 314 g/mol. The highest BCUT2D eigenvalue weighted by Crippen LogP contribution is 2.41. The minimum absolute atomic E-state index is 0.145. The van der Waals surface area contributed by atoms with E-state index in [0.717, 1.165) is 36.6 Å². The van der Waals surface area contributed by atoms with E-state index < -0.39 is 5.60 Å². The largest absolute Gasteiger partial charge is 0.444 e. The van der Waals surface area contributed by atoms with Gasteiger partial charge in [-0.15, -0.1) is 5.10 Å². The first-order valence-corrected chi connectivity index (χ1v) is 9.18. The third-order valence-corrected chi connectivity index (χ3v) is 5.71. The van der Waals surface area contributed by atoms with Crippen molar-refractivity contribution in [2.45, 2.75) is 69.3 Å². The normalized spacial score (nSPS) is 27.3. The van der Waals surface area contributed by atoms with E-state index in [1.165, 1.54) is 0 Å². The molecule has 1 aromatic rings. The van der Waals surface area contributed by atoms with E-state index in [1.54, 1.807) is 16.4 Å². The molecule has 23 heavy (non-hydrogen) atoms. The molecule has 2 aliphatic heterocycles. The van der Waals surface area contributed by atoms with E-state index in [2.05, 4.69) is 15.5 Å². The van der Waals surface area contributed by atoms with Crippen LogP contribution in [-0.4, -0.2) is 54.6 Å². The number of aromatic nitrogens is 4. The molecule has 8 heteroatoms. The van der Waals surface area contributed by atoms with Crippen LogP contribution in [0.1, 0.15) is 46.5 Å². The van der Waals surface area contributed by atoms with Gasteiger partial charge in [-0.05, 0) is 62.8 Å². The van der Waals surface area contributed by atoms with Crippen molar-refractivity contribution < 1.29 is 9.53 Å². The Morgan fingerprint density at radius 1 is 1.30 bits per heavy atom. The number of fused-ring (bicyclic) bond motifs is 2. The summed E-state index contributed by atoms with van der Waals surface area (Å²) < 4.78 is 7.28. The number of carbonyl (C=O) groups is 1. The zero-order valence-electron chi connectivity index (χ0n) is 14.2. The van der Waals surface area contributed by atoms with Crippen molar-refractivity contribution in [1.82, 2.24) is 25.1 Å². The van der Waals surface area contributed by atoms with Crippen LogP contribution in [0.15, 0.2) is 5.16 Å². The summed E-state index contributed by atoms with van der Waals surface area (Å²) in [4.78, 5) is 14.4. The molecule has 1 aromatic heterocycles. The fourth-order valence-electron chi connectivity index (χ4n) is 3.57. The van der Waals surface area contributed by atoms with Crippen molar-refractivity contribution in [2.24, 2.45) is 13.0 Å². The van der Waals surface area contributed by atoms with Gasteiger partial charge in [0.05, 0.1) is 0 Å². The zero-order valence-corrected chi connectivity index (χ0v) is 15.0. The topological polar surface area (TPSA) is 73.1 Å². The van der Waals surface area contributed by atoms with E-state index in [0.29, 0.717) is 18.0 Å². The van der Waals surface area contributed by atoms with Crippen molar-refractivity contribution in [2.75, 3.05) is 5.75 Å². The molecule has 2 bridgehead atoms. The van der Waals surface area contributed by atoms with Gasteiger partial charge in [0.1, 0.15) is 5.60 Å². The second kappa shape index (κ2) is 6.30. The monoisotopic (exact) mass is 339 g/mol. The van der Waals surface area contributed by atoms with Crippen LogP contribution in [-0.2, 0) is 11.8 Å². The molecule has 1 amide bonds. The number of hydrogen-bond donors (Lipinski definition) is 0. The third kappa shape index (κ3) is 3.79. The number of rotatable bonds is 3. The van der Waals surface area contributed by atoms with E-state index in [1.807, 2.05) is 32.7 Å². The number of amides is 1. The number of carbonyl (C=O) groups excluding carboxylic acids is 1. The van der Waals surface area contributed by atoms with Gasteiger partial charge >= 0.3 is 6.09 Å². The first-order valence-electron chi connectivity index (χ1n) is 8.20. The van der Waals surface area contributed by atoms with Gasteiger partial charge in [-0.3, -0.25) is 0 Å². The molecule has 2 unspecified atom stereocenters. The minimum Gasteiger partial charge on any atom is -0.444 e. The lowest BCUT2D eigenvalue weighted by atomic mass is 9.92. The third-order valence-electron chi connectivity index (χ3n) is 4.46. The van der Waals surface area contributed by atoms with Gasteiger partial charge in [0.25, 0.3) is 0 Å². The molecule has 0 radical (unpaired) electrons. The van der Waals surface area contributed by atoms with Gasteiger partial charge in [0.2, 0.25) is 5.16 Å². The number of nitrogens with zero attached hydrogens (tertiary/aromatic N) is 5. The van der Waals surface area contributed by atoms with Crippen LogP contribution in [0, 0.1) is 5.92 Å². The lowest BCUT2D eigenvalue weighted by molar-refractivity contribution is 0.00340. The predicted octanol–water partition coefficient (Wildman–Crippen LogP) is 2.48. The van der Waals surface area contributed by atoms with E-state index >= 15 is 0 Å². The average Bonchev–Trinajstić information content (AvgIpc) is 2.96. The molecule has 128 valence electrons. The summed E-state index contributed by atoms with van der Waals surface area (Å²) in [6, 6.07) is 0.652. The maximum Gasteiger partial charge on any atom is 0.410 e. The molecule has 0 aromatic carbocycles. The molecular formula is C15H25N5O2S. The fourth-order valence-corrected chi connectivity index (χ4v) is 4.55. The Labute approximate surface area is 141 Å². The first-order chi connectivity index (χ1) is 10.8. The molecule has 0 saturated carbocycles. The lowest BCUT2D eigenvalue weighted by Gasteiger charge is -2.39. The molecule has 0 spiro atoms. The molecule has 0 aliphatic carbocycles. The summed E-state index contributed by atoms with van der Waals surface area (Å²) in [7, 11) is 1.86. The van der Waals surface area contributed by atoms with Crippen molar-refractivity contribution in [1.29, 1.82) is 0 Å². The highest BCUT2D eigenvalue weighted by atomic mass is 32.2. The van der Waals surface area contributed by atoms with Crippen LogP contribution in [0.4, 0.5) is 4.79 Å². The number of thioether (sulfide) groups is 1. The quantitative estimate of drug-likeness (QED) is 0.788. The smallest absolute Gasteiger partial charge is 0.410 e. The number of ether oxygens (including phenoxy) is 1. The van der Waals surface area contributed by atoms with Gasteiger partial charge in [-0.2, -0.15) is 0 Å². The summed E-state index contributed by atoms with van der Waals surface area (Å²) in [5, 5.41) is 12.4. The van der Waals surface area contributed by atoms with Gasteiger partial charge in [-0.1, -0.05) is 11.8 Å². The van der Waals surface area contributed by atoms with Crippen LogP contribution in [0.25, 0.3) is 0 Å². The maximum absolute atomic E-state index is 12.4. The van der Waals surface area contributed by atoms with Crippen molar-refractivity contribution in [3.8, 4) is 0 Å². The van der Waals surface area contributed by atoms with Gasteiger partial charge in [0, 0.05) is 24.9 Å². The van der Waals surface area contributed by atoms with Crippen LogP contribution < -0.4 is 0 Å². The Balaban J connectivity index is 1.56. The van der Waals surface area contributed by atoms with Gasteiger partial charge < -0.3 is 9.64 Å². The fraction of sp³-hybridized carbons (Fsp3) is 0.867. The van der Waals surface area contributed by atoms with Crippen LogP contribution in [0.2, 0.25) is 0 Å². The SMILES string of the molecule is Cn1nnnc1SCC1CC2CCC(C1)N2C(=O)OC(C)(C)C. The number of piperidine rings is 1. The second-order valence-corrected chi connectivity index (χ2v) is 8.49. The molecule has 3 heterocycles. The highest BCUT2D eigenvalue weighted by Gasteiger charge is 2.44. The van der Waals surface area contributed by atoms with Crippen LogP contribution >= 0.6 is 11.8 Å². The number of aryl methyl sites for hydroxylation is 1. The lowest BCUT2D eigenvalue weighted by Crippen LogP contribution is -2.48. The standard InChI is InChI=1S/C15H25N5O2S/c1-15(2,3)22-14(21)20-11-5-6-12(20)8-10(7-11)9-23-13-16-17-18-19(13)4/h10-12H,5-9H2,1-4H3. The molecule has 2 saturated heterocycles. The van der Waals surface area contributed by atoms with Crippen molar-refractivity contribution in [3.05, 3.63) is 0 Å².